The minimum Gasteiger partial charge on any atom is -0.409 e. The van der Waals surface area contributed by atoms with Crippen LogP contribution in [-0.4, -0.2) is 22.5 Å². The summed E-state index contributed by atoms with van der Waals surface area (Å²) in [6, 6.07) is 3.52. The van der Waals surface area contributed by atoms with Gasteiger partial charge in [-0.3, -0.25) is 4.79 Å². The van der Waals surface area contributed by atoms with E-state index in [1.54, 1.807) is 12.1 Å². The molecule has 0 aliphatic rings. The Bertz CT molecular complexity index is 479. The van der Waals surface area contributed by atoms with E-state index in [0.29, 0.717) is 0 Å². The predicted molar refractivity (Wildman–Crippen MR) is 85.8 cm³/mol. The number of nitrogens with one attached hydrogen (secondary N) is 2. The number of benzene rings is 1. The predicted octanol–water partition coefficient (Wildman–Crippen LogP) is 4.29. The molecular weight excluding hydrogens is 275 g/mol. The lowest BCUT2D eigenvalue weighted by Crippen LogP contribution is -2.35. The van der Waals surface area contributed by atoms with Crippen LogP contribution < -0.4 is 9.96 Å². The Morgan fingerprint density at radius 3 is 1.84 bits per heavy atom. The van der Waals surface area contributed by atoms with Gasteiger partial charge >= 0.3 is 6.04 Å². The standard InChI is InChI=1S/C13H23FN2OSi2/c1-18(2,3)15-11-8-7-10(13(14)17)9-12(11)16-19(4,5)6/h7-9,15-16H,1-6H3. The van der Waals surface area contributed by atoms with Gasteiger partial charge in [-0.1, -0.05) is 39.3 Å². The van der Waals surface area contributed by atoms with Gasteiger partial charge in [0.25, 0.3) is 0 Å². The molecule has 1 aromatic rings. The molecule has 19 heavy (non-hydrogen) atoms. The molecule has 1 rings (SSSR count). The van der Waals surface area contributed by atoms with E-state index in [0.717, 1.165) is 11.4 Å². The fourth-order valence-electron chi connectivity index (χ4n) is 1.69. The Kier molecular flexibility index (Phi) is 4.57. The van der Waals surface area contributed by atoms with Gasteiger partial charge in [0, 0.05) is 11.4 Å². The fourth-order valence-corrected chi connectivity index (χ4v) is 3.73. The monoisotopic (exact) mass is 298 g/mol. The summed E-state index contributed by atoms with van der Waals surface area (Å²) in [5.41, 5.74) is 1.87. The highest BCUT2D eigenvalue weighted by atomic mass is 28.3. The number of rotatable bonds is 5. The minimum absolute atomic E-state index is 0.0990. The van der Waals surface area contributed by atoms with Crippen molar-refractivity contribution >= 4 is 33.9 Å². The lowest BCUT2D eigenvalue weighted by Gasteiger charge is -2.27. The molecule has 2 N–H and O–H groups in total. The molecule has 0 saturated heterocycles. The van der Waals surface area contributed by atoms with Crippen LogP contribution in [0.25, 0.3) is 0 Å². The van der Waals surface area contributed by atoms with Gasteiger partial charge in [-0.2, -0.15) is 4.39 Å². The van der Waals surface area contributed by atoms with Crippen molar-refractivity contribution in [2.75, 3.05) is 9.96 Å². The molecule has 6 heteroatoms. The summed E-state index contributed by atoms with van der Waals surface area (Å²) in [6.07, 6.45) is 0. The molecule has 0 radical (unpaired) electrons. The molecule has 0 aliphatic carbocycles. The summed E-state index contributed by atoms with van der Waals surface area (Å²) in [5, 5.41) is 0. The quantitative estimate of drug-likeness (QED) is 0.629. The first-order valence-corrected chi connectivity index (χ1v) is 13.4. The maximum absolute atomic E-state index is 12.8. The van der Waals surface area contributed by atoms with Crippen LogP contribution in [0.2, 0.25) is 39.3 Å². The number of halogens is 1. The third kappa shape index (κ3) is 5.56. The van der Waals surface area contributed by atoms with Crippen LogP contribution in [0.3, 0.4) is 0 Å². The number of carbonyl (C=O) groups is 1. The molecule has 1 aromatic carbocycles. The maximum Gasteiger partial charge on any atom is 0.332 e. The second-order valence-corrected chi connectivity index (χ2v) is 16.3. The molecule has 106 valence electrons. The zero-order valence-electron chi connectivity index (χ0n) is 12.5. The summed E-state index contributed by atoms with van der Waals surface area (Å²) in [6.45, 7) is 13.1. The topological polar surface area (TPSA) is 41.1 Å². The number of anilines is 2. The Balaban J connectivity index is 3.19. The molecule has 0 bridgehead atoms. The van der Waals surface area contributed by atoms with Crippen LogP contribution in [0.5, 0.6) is 0 Å². The summed E-state index contributed by atoms with van der Waals surface area (Å²) in [7, 11) is -3.07. The van der Waals surface area contributed by atoms with Crippen LogP contribution in [0.1, 0.15) is 10.4 Å². The van der Waals surface area contributed by atoms with Gasteiger partial charge in [0.15, 0.2) is 0 Å². The Hall–Kier alpha value is -1.15. The minimum atomic E-state index is -1.57. The van der Waals surface area contributed by atoms with E-state index in [9.17, 15) is 9.18 Å². The first kappa shape index (κ1) is 15.9. The highest BCUT2D eigenvalue weighted by molar-refractivity contribution is 6.80. The Morgan fingerprint density at radius 1 is 0.947 bits per heavy atom. The third-order valence-corrected chi connectivity index (χ3v) is 4.30. The average molecular weight is 299 g/mol. The van der Waals surface area contributed by atoms with Crippen LogP contribution in [-0.2, 0) is 0 Å². The van der Waals surface area contributed by atoms with Gasteiger partial charge in [0.2, 0.25) is 0 Å². The van der Waals surface area contributed by atoms with Gasteiger partial charge in [-0.25, -0.2) is 0 Å². The molecule has 0 atom stereocenters. The molecule has 0 amide bonds. The number of carbonyl (C=O) groups excluding carboxylic acids is 1. The SMILES string of the molecule is C[Si](C)(C)Nc1ccc(C(=O)F)cc1N[Si](C)(C)C. The van der Waals surface area contributed by atoms with E-state index >= 15 is 0 Å². The molecule has 0 heterocycles. The van der Waals surface area contributed by atoms with Crippen LogP contribution in [0, 0.1) is 0 Å². The second kappa shape index (κ2) is 5.46. The number of hydrogen-bond acceptors (Lipinski definition) is 3. The largest absolute Gasteiger partial charge is 0.409 e. The highest BCUT2D eigenvalue weighted by Gasteiger charge is 2.20. The van der Waals surface area contributed by atoms with Crippen LogP contribution >= 0.6 is 0 Å². The van der Waals surface area contributed by atoms with Crippen molar-refractivity contribution in [3.8, 4) is 0 Å². The Morgan fingerprint density at radius 2 is 1.42 bits per heavy atom. The average Bonchev–Trinajstić information content (AvgIpc) is 2.15. The molecule has 0 saturated carbocycles. The third-order valence-electron chi connectivity index (χ3n) is 2.27. The van der Waals surface area contributed by atoms with Gasteiger partial charge in [0.05, 0.1) is 5.56 Å². The van der Waals surface area contributed by atoms with E-state index in [1.165, 1.54) is 6.07 Å². The van der Waals surface area contributed by atoms with Crippen molar-refractivity contribution in [3.05, 3.63) is 23.8 Å². The van der Waals surface area contributed by atoms with E-state index < -0.39 is 22.5 Å². The lowest BCUT2D eigenvalue weighted by molar-refractivity contribution is 0.0836. The van der Waals surface area contributed by atoms with Crippen molar-refractivity contribution < 1.29 is 9.18 Å². The van der Waals surface area contributed by atoms with Gasteiger partial charge < -0.3 is 9.96 Å². The van der Waals surface area contributed by atoms with E-state index in [2.05, 4.69) is 49.2 Å². The molecule has 0 fully saturated rings. The number of hydrogen-bond donors (Lipinski definition) is 2. The van der Waals surface area contributed by atoms with Gasteiger partial charge in [-0.15, -0.1) is 0 Å². The molecule has 0 aromatic heterocycles. The first-order valence-electron chi connectivity index (χ1n) is 6.38. The van der Waals surface area contributed by atoms with Gasteiger partial charge in [0.1, 0.15) is 16.5 Å². The van der Waals surface area contributed by atoms with E-state index in [-0.39, 0.29) is 5.56 Å². The van der Waals surface area contributed by atoms with Crippen molar-refractivity contribution in [3.63, 3.8) is 0 Å². The normalized spacial score (nSPS) is 12.2. The van der Waals surface area contributed by atoms with Crippen molar-refractivity contribution in [1.29, 1.82) is 0 Å². The van der Waals surface area contributed by atoms with Gasteiger partial charge in [-0.05, 0) is 18.2 Å². The Labute approximate surface area is 116 Å². The smallest absolute Gasteiger partial charge is 0.332 e. The zero-order valence-corrected chi connectivity index (χ0v) is 14.5. The van der Waals surface area contributed by atoms with Crippen molar-refractivity contribution in [1.82, 2.24) is 0 Å². The molecule has 3 nitrogen and oxygen atoms in total. The second-order valence-electron chi connectivity index (χ2n) is 6.78. The summed E-state index contributed by atoms with van der Waals surface area (Å²) in [5.74, 6) is 0. The van der Waals surface area contributed by atoms with Crippen molar-refractivity contribution in [2.24, 2.45) is 0 Å². The molecular formula is C13H23FN2OSi2. The first-order chi connectivity index (χ1) is 8.48. The summed E-state index contributed by atoms with van der Waals surface area (Å²) in [4.78, 5) is 17.8. The molecule has 0 spiro atoms. The molecule has 0 aliphatic heterocycles. The van der Waals surface area contributed by atoms with E-state index in [1.807, 2.05) is 0 Å². The summed E-state index contributed by atoms with van der Waals surface area (Å²) < 4.78 is 12.8. The lowest BCUT2D eigenvalue weighted by atomic mass is 10.2. The fraction of sp³-hybridized carbons (Fsp3) is 0.462. The molecule has 0 unspecified atom stereocenters. The zero-order chi connectivity index (χ0) is 14.8. The maximum atomic E-state index is 12.8. The van der Waals surface area contributed by atoms with Crippen LogP contribution in [0.15, 0.2) is 18.2 Å². The van der Waals surface area contributed by atoms with E-state index in [4.69, 9.17) is 0 Å². The van der Waals surface area contributed by atoms with Crippen LogP contribution in [0.4, 0.5) is 15.8 Å². The van der Waals surface area contributed by atoms with Crippen molar-refractivity contribution in [2.45, 2.75) is 39.3 Å². The summed E-state index contributed by atoms with van der Waals surface area (Å²) >= 11 is 0. The highest BCUT2D eigenvalue weighted by Crippen LogP contribution is 2.27.